The molecular formula is C13H12ClNO3S. The van der Waals surface area contributed by atoms with Gasteiger partial charge in [-0.2, -0.15) is 8.42 Å². The number of nitrogens with zero attached hydrogens (tertiary/aromatic N) is 1. The van der Waals surface area contributed by atoms with Crippen molar-refractivity contribution in [1.29, 1.82) is 0 Å². The van der Waals surface area contributed by atoms with Gasteiger partial charge in [-0.25, -0.2) is 4.98 Å². The lowest BCUT2D eigenvalue weighted by atomic mass is 10.2. The molecule has 1 aromatic carbocycles. The molecule has 2 aromatic rings. The fourth-order valence-electron chi connectivity index (χ4n) is 1.45. The van der Waals surface area contributed by atoms with Crippen LogP contribution in [0.5, 0.6) is 0 Å². The van der Waals surface area contributed by atoms with Gasteiger partial charge in [-0.3, -0.25) is 4.18 Å². The molecule has 0 amide bonds. The number of hydrogen-bond donors (Lipinski definition) is 0. The van der Waals surface area contributed by atoms with Gasteiger partial charge in [0, 0.05) is 6.20 Å². The Balaban J connectivity index is 2.12. The van der Waals surface area contributed by atoms with E-state index in [0.29, 0.717) is 10.7 Å². The van der Waals surface area contributed by atoms with Crippen LogP contribution in [0, 0.1) is 6.92 Å². The second-order valence-electron chi connectivity index (χ2n) is 4.02. The molecular weight excluding hydrogens is 286 g/mol. The number of hydrogen-bond acceptors (Lipinski definition) is 4. The fraction of sp³-hybridized carbons (Fsp3) is 0.154. The molecule has 0 aliphatic carbocycles. The smallest absolute Gasteiger partial charge is 0.262 e. The zero-order valence-electron chi connectivity index (χ0n) is 10.2. The van der Waals surface area contributed by atoms with Crippen LogP contribution in [0.1, 0.15) is 11.1 Å². The highest BCUT2D eigenvalue weighted by Crippen LogP contribution is 2.16. The first-order chi connectivity index (χ1) is 8.97. The molecule has 0 fully saturated rings. The maximum Gasteiger partial charge on any atom is 0.297 e. The standard InChI is InChI=1S/C13H12ClNO3S/c1-10-2-4-12(5-3-10)19(16,17)18-9-11-6-7-15-13(14)8-11/h2-8H,9H2,1H3. The maximum absolute atomic E-state index is 11.9. The lowest BCUT2D eigenvalue weighted by Gasteiger charge is -2.06. The van der Waals surface area contributed by atoms with Crippen LogP contribution in [0.25, 0.3) is 0 Å². The zero-order chi connectivity index (χ0) is 13.9. The van der Waals surface area contributed by atoms with Crippen LogP contribution in [0.2, 0.25) is 5.15 Å². The van der Waals surface area contributed by atoms with Gasteiger partial charge in [0.2, 0.25) is 0 Å². The number of benzene rings is 1. The summed E-state index contributed by atoms with van der Waals surface area (Å²) in [7, 11) is -3.75. The largest absolute Gasteiger partial charge is 0.297 e. The Morgan fingerprint density at radius 1 is 1.21 bits per heavy atom. The summed E-state index contributed by atoms with van der Waals surface area (Å²) in [5, 5.41) is 0.300. The Kier molecular flexibility index (Phi) is 4.19. The van der Waals surface area contributed by atoms with Crippen LogP contribution in [-0.2, 0) is 20.9 Å². The summed E-state index contributed by atoms with van der Waals surface area (Å²) >= 11 is 5.71. The van der Waals surface area contributed by atoms with Gasteiger partial charge in [0.1, 0.15) is 5.15 Å². The van der Waals surface area contributed by atoms with E-state index in [1.807, 2.05) is 6.92 Å². The lowest BCUT2D eigenvalue weighted by Crippen LogP contribution is -2.06. The van der Waals surface area contributed by atoms with E-state index < -0.39 is 10.1 Å². The summed E-state index contributed by atoms with van der Waals surface area (Å²) in [6.07, 6.45) is 1.50. The number of rotatable bonds is 4. The molecule has 100 valence electrons. The first-order valence-corrected chi connectivity index (χ1v) is 7.32. The molecule has 0 unspecified atom stereocenters. The van der Waals surface area contributed by atoms with Crippen molar-refractivity contribution in [3.8, 4) is 0 Å². The maximum atomic E-state index is 11.9. The van der Waals surface area contributed by atoms with Crippen molar-refractivity contribution in [3.05, 3.63) is 58.9 Å². The van der Waals surface area contributed by atoms with Gasteiger partial charge in [0.15, 0.2) is 0 Å². The van der Waals surface area contributed by atoms with E-state index in [-0.39, 0.29) is 11.5 Å². The number of halogens is 1. The summed E-state index contributed by atoms with van der Waals surface area (Å²) < 4.78 is 28.8. The predicted octanol–water partition coefficient (Wildman–Crippen LogP) is 2.95. The van der Waals surface area contributed by atoms with Crippen molar-refractivity contribution in [2.75, 3.05) is 0 Å². The number of aryl methyl sites for hydroxylation is 1. The molecule has 1 heterocycles. The third kappa shape index (κ3) is 3.76. The van der Waals surface area contributed by atoms with Gasteiger partial charge in [-0.1, -0.05) is 29.3 Å². The van der Waals surface area contributed by atoms with Gasteiger partial charge >= 0.3 is 0 Å². The molecule has 0 saturated heterocycles. The topological polar surface area (TPSA) is 56.3 Å². The van der Waals surface area contributed by atoms with Crippen molar-refractivity contribution in [3.63, 3.8) is 0 Å². The van der Waals surface area contributed by atoms with Gasteiger partial charge in [-0.15, -0.1) is 0 Å². The van der Waals surface area contributed by atoms with Crippen LogP contribution >= 0.6 is 11.6 Å². The average molecular weight is 298 g/mol. The molecule has 4 nitrogen and oxygen atoms in total. The predicted molar refractivity (Wildman–Crippen MR) is 72.4 cm³/mol. The van der Waals surface area contributed by atoms with E-state index in [0.717, 1.165) is 5.56 Å². The number of aromatic nitrogens is 1. The van der Waals surface area contributed by atoms with Gasteiger partial charge in [0.25, 0.3) is 10.1 Å². The summed E-state index contributed by atoms with van der Waals surface area (Å²) in [6.45, 7) is 1.81. The molecule has 0 N–H and O–H groups in total. The van der Waals surface area contributed by atoms with Crippen LogP contribution in [0.4, 0.5) is 0 Å². The van der Waals surface area contributed by atoms with Gasteiger partial charge in [-0.05, 0) is 36.8 Å². The molecule has 0 aliphatic rings. The van der Waals surface area contributed by atoms with E-state index in [1.54, 1.807) is 24.3 Å². The molecule has 6 heteroatoms. The first kappa shape index (κ1) is 14.0. The Labute approximate surface area is 117 Å². The summed E-state index contributed by atoms with van der Waals surface area (Å²) in [5.74, 6) is 0. The molecule has 0 spiro atoms. The SMILES string of the molecule is Cc1ccc(S(=O)(=O)OCc2ccnc(Cl)c2)cc1. The fourth-order valence-corrected chi connectivity index (χ4v) is 2.54. The third-order valence-electron chi connectivity index (χ3n) is 2.48. The van der Waals surface area contributed by atoms with Crippen molar-refractivity contribution in [1.82, 2.24) is 4.98 Å². The van der Waals surface area contributed by atoms with Crippen molar-refractivity contribution in [2.45, 2.75) is 18.4 Å². The van der Waals surface area contributed by atoms with Crippen LogP contribution in [0.15, 0.2) is 47.5 Å². The second-order valence-corrected chi connectivity index (χ2v) is 6.02. The Hall–Kier alpha value is -1.43. The van der Waals surface area contributed by atoms with Gasteiger partial charge in [0.05, 0.1) is 11.5 Å². The Morgan fingerprint density at radius 3 is 2.53 bits per heavy atom. The quantitative estimate of drug-likeness (QED) is 0.643. The van der Waals surface area contributed by atoms with E-state index in [9.17, 15) is 8.42 Å². The molecule has 0 bridgehead atoms. The molecule has 0 radical (unpaired) electrons. The van der Waals surface area contributed by atoms with Crippen molar-refractivity contribution in [2.24, 2.45) is 0 Å². The molecule has 0 saturated carbocycles. The van der Waals surface area contributed by atoms with Gasteiger partial charge < -0.3 is 0 Å². The molecule has 2 rings (SSSR count). The molecule has 1 aromatic heterocycles. The van der Waals surface area contributed by atoms with Crippen molar-refractivity contribution >= 4 is 21.7 Å². The average Bonchev–Trinajstić information content (AvgIpc) is 2.37. The highest BCUT2D eigenvalue weighted by atomic mass is 35.5. The highest BCUT2D eigenvalue weighted by molar-refractivity contribution is 7.86. The second kappa shape index (κ2) is 5.69. The minimum absolute atomic E-state index is 0.0710. The normalized spacial score (nSPS) is 11.5. The monoisotopic (exact) mass is 297 g/mol. The van der Waals surface area contributed by atoms with E-state index >= 15 is 0 Å². The van der Waals surface area contributed by atoms with E-state index in [4.69, 9.17) is 15.8 Å². The minimum Gasteiger partial charge on any atom is -0.262 e. The molecule has 19 heavy (non-hydrogen) atoms. The third-order valence-corrected chi connectivity index (χ3v) is 3.97. The van der Waals surface area contributed by atoms with Crippen LogP contribution in [0.3, 0.4) is 0 Å². The van der Waals surface area contributed by atoms with E-state index in [2.05, 4.69) is 4.98 Å². The zero-order valence-corrected chi connectivity index (χ0v) is 11.8. The lowest BCUT2D eigenvalue weighted by molar-refractivity contribution is 0.308. The summed E-state index contributed by atoms with van der Waals surface area (Å²) in [4.78, 5) is 3.95. The first-order valence-electron chi connectivity index (χ1n) is 5.54. The summed E-state index contributed by atoms with van der Waals surface area (Å²) in [5.41, 5.74) is 1.63. The Bertz CT molecular complexity index is 669. The summed E-state index contributed by atoms with van der Waals surface area (Å²) in [6, 6.07) is 9.69. The Morgan fingerprint density at radius 2 is 1.89 bits per heavy atom. The molecule has 0 aliphatic heterocycles. The highest BCUT2D eigenvalue weighted by Gasteiger charge is 2.14. The van der Waals surface area contributed by atoms with Crippen LogP contribution in [-0.4, -0.2) is 13.4 Å². The minimum atomic E-state index is -3.75. The molecule has 0 atom stereocenters. The van der Waals surface area contributed by atoms with Crippen molar-refractivity contribution < 1.29 is 12.6 Å². The van der Waals surface area contributed by atoms with Crippen LogP contribution < -0.4 is 0 Å². The van der Waals surface area contributed by atoms with E-state index in [1.165, 1.54) is 18.3 Å². The number of pyridine rings is 1.